The Labute approximate surface area is 188 Å². The molecule has 1 heterocycles. The van der Waals surface area contributed by atoms with Gasteiger partial charge in [0.25, 0.3) is 21.9 Å². The third-order valence-corrected chi connectivity index (χ3v) is 7.15. The second kappa shape index (κ2) is 7.79. The van der Waals surface area contributed by atoms with Crippen molar-refractivity contribution in [2.45, 2.75) is 30.9 Å². The van der Waals surface area contributed by atoms with Crippen molar-refractivity contribution in [3.63, 3.8) is 0 Å². The van der Waals surface area contributed by atoms with E-state index in [4.69, 9.17) is 9.39 Å². The molecule has 168 valence electrons. The summed E-state index contributed by atoms with van der Waals surface area (Å²) in [6.45, 7) is 0. The molecule has 0 unspecified atom stereocenters. The number of hydroxylamine groups is 2. The van der Waals surface area contributed by atoms with Crippen LogP contribution in [0.1, 0.15) is 24.8 Å². The van der Waals surface area contributed by atoms with E-state index in [1.165, 1.54) is 10.8 Å². The first-order chi connectivity index (χ1) is 15.7. The van der Waals surface area contributed by atoms with Crippen LogP contribution in [0.5, 0.6) is 0 Å². The predicted octanol–water partition coefficient (Wildman–Crippen LogP) is 3.38. The van der Waals surface area contributed by atoms with Crippen molar-refractivity contribution in [2.24, 2.45) is 0 Å². The van der Waals surface area contributed by atoms with Crippen LogP contribution in [-0.2, 0) is 35.8 Å². The molecule has 4 aromatic rings. The number of imide groups is 1. The summed E-state index contributed by atoms with van der Waals surface area (Å²) < 4.78 is 31.4. The smallest absolute Gasteiger partial charge is 0.330 e. The number of aryl methyl sites for hydroxylation is 1. The van der Waals surface area contributed by atoms with E-state index in [-0.39, 0.29) is 11.5 Å². The Hall–Kier alpha value is -3.56. The van der Waals surface area contributed by atoms with Crippen molar-refractivity contribution in [3.8, 4) is 0 Å². The molecule has 1 fully saturated rings. The van der Waals surface area contributed by atoms with Crippen LogP contribution in [0.4, 0.5) is 0 Å². The van der Waals surface area contributed by atoms with E-state index in [0.29, 0.717) is 12.8 Å². The molecule has 0 aliphatic carbocycles. The molecular weight excluding hydrogens is 446 g/mol. The minimum Gasteiger partial charge on any atom is -0.330 e. The highest BCUT2D eigenvalue weighted by Gasteiger charge is 2.48. The molecule has 0 bridgehead atoms. The highest BCUT2D eigenvalue weighted by Crippen LogP contribution is 2.36. The van der Waals surface area contributed by atoms with Gasteiger partial charge in [-0.15, -0.1) is 5.06 Å². The lowest BCUT2D eigenvalue weighted by Gasteiger charge is -2.15. The summed E-state index contributed by atoms with van der Waals surface area (Å²) in [6.07, 6.45) is 0.142. The van der Waals surface area contributed by atoms with Gasteiger partial charge >= 0.3 is 5.97 Å². The monoisotopic (exact) mass is 465 g/mol. The lowest BCUT2D eigenvalue weighted by atomic mass is 9.90. The highest BCUT2D eigenvalue weighted by molar-refractivity contribution is 7.87. The first-order valence-electron chi connectivity index (χ1n) is 10.4. The van der Waals surface area contributed by atoms with Gasteiger partial charge in [-0.3, -0.25) is 14.1 Å². The summed E-state index contributed by atoms with van der Waals surface area (Å²) in [5, 5.41) is 5.14. The van der Waals surface area contributed by atoms with Crippen LogP contribution in [-0.4, -0.2) is 41.1 Å². The normalized spacial score (nSPS) is 17.0. The van der Waals surface area contributed by atoms with Crippen LogP contribution in [0.3, 0.4) is 0 Å². The van der Waals surface area contributed by atoms with Crippen molar-refractivity contribution in [1.29, 1.82) is 0 Å². The van der Waals surface area contributed by atoms with Gasteiger partial charge in [0.05, 0.1) is 6.42 Å². The highest BCUT2D eigenvalue weighted by atomic mass is 32.2. The fraction of sp³-hybridized carbons (Fsp3) is 0.208. The lowest BCUT2D eigenvalue weighted by molar-refractivity contribution is -0.197. The Morgan fingerprint density at radius 2 is 1.61 bits per heavy atom. The zero-order valence-corrected chi connectivity index (χ0v) is 18.2. The maximum atomic E-state index is 12.2. The van der Waals surface area contributed by atoms with Gasteiger partial charge in [-0.05, 0) is 50.7 Å². The van der Waals surface area contributed by atoms with Crippen LogP contribution in [0.15, 0.2) is 54.6 Å². The van der Waals surface area contributed by atoms with Crippen LogP contribution in [0.2, 0.25) is 0 Å². The summed E-state index contributed by atoms with van der Waals surface area (Å²) in [5.74, 6) is -3.07. The first-order valence-corrected chi connectivity index (χ1v) is 11.9. The number of amides is 2. The van der Waals surface area contributed by atoms with Crippen molar-refractivity contribution in [2.75, 3.05) is 0 Å². The first kappa shape index (κ1) is 21.3. The number of hydrogen-bond donors (Lipinski definition) is 1. The third-order valence-electron chi connectivity index (χ3n) is 6.06. The standard InChI is InChI=1S/C24H19NO7S/c26-20-13-19(33(29,30)31)24(28)25(20)32-21(27)6-2-3-14-7-8-17-10-9-15-4-1-5-16-11-12-18(14)23(17)22(15)16/h1,4-5,7-12,19H,2-3,6,13H2,(H,29,30,31)/t19-/m1/s1. The Morgan fingerprint density at radius 1 is 0.970 bits per heavy atom. The van der Waals surface area contributed by atoms with E-state index in [9.17, 15) is 22.8 Å². The molecule has 9 heteroatoms. The van der Waals surface area contributed by atoms with E-state index in [0.717, 1.165) is 27.1 Å². The summed E-state index contributed by atoms with van der Waals surface area (Å²) in [5.41, 5.74) is 1.06. The van der Waals surface area contributed by atoms with Gasteiger partial charge in [0, 0.05) is 6.42 Å². The average Bonchev–Trinajstić information content (AvgIpc) is 3.07. The van der Waals surface area contributed by atoms with Crippen LogP contribution in [0.25, 0.3) is 32.3 Å². The average molecular weight is 465 g/mol. The van der Waals surface area contributed by atoms with Crippen LogP contribution in [0, 0.1) is 0 Å². The summed E-state index contributed by atoms with van der Waals surface area (Å²) in [4.78, 5) is 40.8. The molecule has 0 radical (unpaired) electrons. The lowest BCUT2D eigenvalue weighted by Crippen LogP contribution is -2.36. The molecule has 2 amide bonds. The summed E-state index contributed by atoms with van der Waals surface area (Å²) in [7, 11) is -4.75. The topological polar surface area (TPSA) is 118 Å². The SMILES string of the molecule is O=C(CCCc1ccc2ccc3cccc4ccc1c2c34)ON1C(=O)C[C@@H](S(=O)(=O)O)C1=O. The molecule has 1 N–H and O–H groups in total. The maximum Gasteiger partial charge on any atom is 0.333 e. The van der Waals surface area contributed by atoms with E-state index < -0.39 is 39.6 Å². The molecule has 33 heavy (non-hydrogen) atoms. The molecule has 5 rings (SSSR count). The zero-order valence-electron chi connectivity index (χ0n) is 17.4. The summed E-state index contributed by atoms with van der Waals surface area (Å²) in [6, 6.07) is 18.6. The molecule has 0 aromatic heterocycles. The Kier molecular flexibility index (Phi) is 5.02. The second-order valence-corrected chi connectivity index (χ2v) is 9.73. The van der Waals surface area contributed by atoms with Gasteiger partial charge in [-0.2, -0.15) is 8.42 Å². The number of benzene rings is 4. The van der Waals surface area contributed by atoms with E-state index in [1.54, 1.807) is 0 Å². The van der Waals surface area contributed by atoms with Gasteiger partial charge in [-0.1, -0.05) is 54.6 Å². The summed E-state index contributed by atoms with van der Waals surface area (Å²) >= 11 is 0. The number of nitrogens with zero attached hydrogens (tertiary/aromatic N) is 1. The molecular formula is C24H19NO7S. The molecule has 1 atom stereocenters. The minimum atomic E-state index is -4.75. The van der Waals surface area contributed by atoms with E-state index in [1.807, 2.05) is 12.1 Å². The third kappa shape index (κ3) is 3.69. The van der Waals surface area contributed by atoms with Gasteiger partial charge in [0.15, 0.2) is 5.25 Å². The Balaban J connectivity index is 1.30. The van der Waals surface area contributed by atoms with Crippen molar-refractivity contribution in [3.05, 3.63) is 60.2 Å². The molecule has 1 aliphatic rings. The van der Waals surface area contributed by atoms with Gasteiger partial charge in [0.2, 0.25) is 0 Å². The van der Waals surface area contributed by atoms with Crippen LogP contribution < -0.4 is 0 Å². The largest absolute Gasteiger partial charge is 0.333 e. The number of rotatable bonds is 6. The van der Waals surface area contributed by atoms with Crippen molar-refractivity contribution < 1.29 is 32.2 Å². The number of carbonyl (C=O) groups is 3. The minimum absolute atomic E-state index is 0.0738. The molecule has 1 aliphatic heterocycles. The molecule has 8 nitrogen and oxygen atoms in total. The zero-order chi connectivity index (χ0) is 23.3. The maximum absolute atomic E-state index is 12.2. The van der Waals surface area contributed by atoms with Gasteiger partial charge in [-0.25, -0.2) is 4.79 Å². The fourth-order valence-electron chi connectivity index (χ4n) is 4.50. The Bertz CT molecular complexity index is 1530. The molecule has 0 saturated carbocycles. The van der Waals surface area contributed by atoms with E-state index in [2.05, 4.69) is 42.5 Å². The van der Waals surface area contributed by atoms with Crippen LogP contribution >= 0.6 is 0 Å². The van der Waals surface area contributed by atoms with Crippen molar-refractivity contribution >= 4 is 60.2 Å². The van der Waals surface area contributed by atoms with Gasteiger partial charge in [0.1, 0.15) is 0 Å². The molecule has 1 saturated heterocycles. The fourth-order valence-corrected chi connectivity index (χ4v) is 5.20. The van der Waals surface area contributed by atoms with E-state index >= 15 is 0 Å². The van der Waals surface area contributed by atoms with Crippen molar-refractivity contribution in [1.82, 2.24) is 5.06 Å². The number of carbonyl (C=O) groups excluding carboxylic acids is 3. The van der Waals surface area contributed by atoms with Gasteiger partial charge < -0.3 is 4.84 Å². The predicted molar refractivity (Wildman–Crippen MR) is 121 cm³/mol. The number of hydrogen-bond acceptors (Lipinski definition) is 6. The quantitative estimate of drug-likeness (QED) is 0.263. The molecule has 4 aromatic carbocycles. The Morgan fingerprint density at radius 3 is 2.27 bits per heavy atom. The molecule has 0 spiro atoms. The second-order valence-electron chi connectivity index (χ2n) is 8.13.